The molecule has 0 saturated carbocycles. The number of hydrogen-bond acceptors (Lipinski definition) is 10. The molecule has 53 heavy (non-hydrogen) atoms. The van der Waals surface area contributed by atoms with Gasteiger partial charge in [0.05, 0.1) is 12.9 Å². The second kappa shape index (κ2) is 16.3. The number of carbonyl (C=O) groups excluding carboxylic acids is 2. The van der Waals surface area contributed by atoms with Crippen LogP contribution >= 0.6 is 0 Å². The number of alkyl carbamates (subject to hydrolysis) is 1. The van der Waals surface area contributed by atoms with Crippen molar-refractivity contribution in [3.05, 3.63) is 83.4 Å². The maximum absolute atomic E-state index is 14.0. The first-order valence-electron chi connectivity index (χ1n) is 17.8. The molecule has 0 spiro atoms. The predicted molar refractivity (Wildman–Crippen MR) is 206 cm³/mol. The van der Waals surface area contributed by atoms with Gasteiger partial charge >= 0.3 is 17.8 Å². The van der Waals surface area contributed by atoms with Gasteiger partial charge in [0, 0.05) is 20.3 Å². The number of rotatable bonds is 12. The zero-order valence-corrected chi connectivity index (χ0v) is 33.7. The Hall–Kier alpha value is -4.37. The summed E-state index contributed by atoms with van der Waals surface area (Å²) >= 11 is 0. The Kier molecular flexibility index (Phi) is 12.8. The van der Waals surface area contributed by atoms with E-state index >= 15 is 0 Å². The van der Waals surface area contributed by atoms with Gasteiger partial charge < -0.3 is 34.0 Å². The van der Waals surface area contributed by atoms with E-state index in [0.29, 0.717) is 0 Å². The molecule has 1 saturated heterocycles. The Balaban J connectivity index is 1.78. The molecule has 4 rings (SSSR count). The number of aromatic nitrogens is 2. The van der Waals surface area contributed by atoms with Crippen LogP contribution in [0.4, 0.5) is 10.6 Å². The first-order valence-corrected chi connectivity index (χ1v) is 19.7. The highest BCUT2D eigenvalue weighted by molar-refractivity contribution is 6.99. The van der Waals surface area contributed by atoms with E-state index in [1.165, 1.54) is 25.5 Å². The number of esters is 1. The van der Waals surface area contributed by atoms with Crippen molar-refractivity contribution in [2.24, 2.45) is 10.9 Å². The van der Waals surface area contributed by atoms with Gasteiger partial charge in [0.1, 0.15) is 23.3 Å². The van der Waals surface area contributed by atoms with Crippen LogP contribution in [-0.2, 0) is 23.4 Å². The van der Waals surface area contributed by atoms with E-state index in [4.69, 9.17) is 18.6 Å². The molecule has 1 amide bonds. The molecule has 0 radical (unpaired) electrons. The first kappa shape index (κ1) is 41.4. The van der Waals surface area contributed by atoms with E-state index in [9.17, 15) is 19.5 Å². The second-order valence-electron chi connectivity index (χ2n) is 16.1. The van der Waals surface area contributed by atoms with Crippen molar-refractivity contribution in [1.82, 2.24) is 19.8 Å². The summed E-state index contributed by atoms with van der Waals surface area (Å²) in [4.78, 5) is 50.2. The monoisotopic (exact) mass is 749 g/mol. The molecule has 1 fully saturated rings. The summed E-state index contributed by atoms with van der Waals surface area (Å²) in [7, 11) is 0.447. The highest BCUT2D eigenvalue weighted by Gasteiger charge is 2.58. The number of amides is 1. The SMILES string of the molecule is CC(C)C(NC(=O)OC(C)(C)C)C(=O)OC1[C@@H](CO[Si](c2ccccc2)(c2ccccc2)C(C)(C)C)O[C@@H](n2ccc(N=CN(C)C)nc2=O)C1(C)O. The fraction of sp³-hybridized carbons (Fsp3) is 0.513. The summed E-state index contributed by atoms with van der Waals surface area (Å²) in [6, 6.07) is 20.4. The van der Waals surface area contributed by atoms with E-state index in [1.807, 2.05) is 36.4 Å². The average Bonchev–Trinajstić information content (AvgIpc) is 3.30. The lowest BCUT2D eigenvalue weighted by molar-refractivity contribution is -0.167. The van der Waals surface area contributed by atoms with Gasteiger partial charge in [-0.3, -0.25) is 4.57 Å². The third kappa shape index (κ3) is 9.60. The number of aliphatic hydroxyl groups is 1. The van der Waals surface area contributed by atoms with Gasteiger partial charge in [-0.15, -0.1) is 0 Å². The summed E-state index contributed by atoms with van der Waals surface area (Å²) in [5, 5.41) is 16.5. The molecule has 2 N–H and O–H groups in total. The largest absolute Gasteiger partial charge is 0.455 e. The highest BCUT2D eigenvalue weighted by atomic mass is 28.4. The molecule has 288 valence electrons. The Morgan fingerprint density at radius 3 is 2.08 bits per heavy atom. The van der Waals surface area contributed by atoms with Crippen molar-refractivity contribution in [3.8, 4) is 0 Å². The molecule has 2 heterocycles. The summed E-state index contributed by atoms with van der Waals surface area (Å²) in [5.74, 6) is -1.05. The number of aliphatic imine (C=N–C) groups is 1. The van der Waals surface area contributed by atoms with Crippen molar-refractivity contribution in [3.63, 3.8) is 0 Å². The molecule has 1 aliphatic heterocycles. The van der Waals surface area contributed by atoms with E-state index in [2.05, 4.69) is 60.3 Å². The smallest absolute Gasteiger partial charge is 0.408 e. The van der Waals surface area contributed by atoms with E-state index in [-0.39, 0.29) is 12.4 Å². The minimum Gasteiger partial charge on any atom is -0.455 e. The average molecular weight is 750 g/mol. The van der Waals surface area contributed by atoms with Crippen LogP contribution in [-0.4, -0.2) is 96.4 Å². The maximum atomic E-state index is 14.0. The van der Waals surface area contributed by atoms with Gasteiger partial charge in [-0.2, -0.15) is 4.98 Å². The molecule has 5 atom stereocenters. The van der Waals surface area contributed by atoms with Gasteiger partial charge in [-0.25, -0.2) is 19.4 Å². The summed E-state index contributed by atoms with van der Waals surface area (Å²) in [5.41, 5.74) is -3.50. The first-order chi connectivity index (χ1) is 24.7. The Bertz CT molecular complexity index is 1750. The molecule has 3 unspecified atom stereocenters. The zero-order chi connectivity index (χ0) is 39.4. The van der Waals surface area contributed by atoms with Crippen LogP contribution in [0.2, 0.25) is 5.04 Å². The number of hydrogen-bond donors (Lipinski definition) is 2. The Morgan fingerprint density at radius 1 is 1.04 bits per heavy atom. The van der Waals surface area contributed by atoms with Crippen molar-refractivity contribution in [2.45, 2.75) is 103 Å². The van der Waals surface area contributed by atoms with Crippen molar-refractivity contribution < 1.29 is 33.3 Å². The number of nitrogens with zero attached hydrogens (tertiary/aromatic N) is 4. The number of nitrogens with one attached hydrogen (secondary N) is 1. The molecular formula is C39H55N5O8Si. The van der Waals surface area contributed by atoms with Gasteiger partial charge in [0.15, 0.2) is 18.1 Å². The van der Waals surface area contributed by atoms with Gasteiger partial charge in [-0.1, -0.05) is 95.3 Å². The minimum atomic E-state index is -3.13. The topological polar surface area (TPSA) is 154 Å². The molecule has 3 aromatic rings. The second-order valence-corrected chi connectivity index (χ2v) is 20.4. The van der Waals surface area contributed by atoms with E-state index in [0.717, 1.165) is 14.9 Å². The molecule has 2 aromatic carbocycles. The quantitative estimate of drug-likeness (QED) is 0.120. The molecule has 0 aliphatic carbocycles. The van der Waals surface area contributed by atoms with Crippen molar-refractivity contribution >= 4 is 42.9 Å². The summed E-state index contributed by atoms with van der Waals surface area (Å²) < 4.78 is 26.4. The molecular weight excluding hydrogens is 695 g/mol. The van der Waals surface area contributed by atoms with Crippen LogP contribution in [0, 0.1) is 5.92 Å². The van der Waals surface area contributed by atoms with Gasteiger partial charge in [0.25, 0.3) is 8.32 Å². The lowest BCUT2D eigenvalue weighted by Gasteiger charge is -2.43. The zero-order valence-electron chi connectivity index (χ0n) is 32.7. The van der Waals surface area contributed by atoms with E-state index < -0.39 is 72.7 Å². The van der Waals surface area contributed by atoms with Gasteiger partial charge in [0.2, 0.25) is 0 Å². The lowest BCUT2D eigenvalue weighted by Crippen LogP contribution is -2.67. The van der Waals surface area contributed by atoms with Crippen LogP contribution in [0.15, 0.2) is 82.7 Å². The third-order valence-corrected chi connectivity index (χ3v) is 13.9. The lowest BCUT2D eigenvalue weighted by atomic mass is 9.95. The molecule has 14 heteroatoms. The Labute approximate surface area is 313 Å². The molecule has 0 bridgehead atoms. The Morgan fingerprint density at radius 2 is 1.60 bits per heavy atom. The van der Waals surface area contributed by atoms with Crippen LogP contribution in [0.25, 0.3) is 0 Å². The van der Waals surface area contributed by atoms with Crippen molar-refractivity contribution in [1.29, 1.82) is 0 Å². The van der Waals surface area contributed by atoms with Crippen LogP contribution < -0.4 is 21.4 Å². The minimum absolute atomic E-state index is 0.114. The predicted octanol–water partition coefficient (Wildman–Crippen LogP) is 4.15. The maximum Gasteiger partial charge on any atom is 0.408 e. The number of benzene rings is 2. The molecule has 1 aromatic heterocycles. The van der Waals surface area contributed by atoms with Crippen molar-refractivity contribution in [2.75, 3.05) is 20.7 Å². The third-order valence-electron chi connectivity index (χ3n) is 8.92. The number of carbonyl (C=O) groups is 2. The standard InChI is InChI=1S/C39H55N5O8Si/c1-26(2)31(42-36(47)52-37(3,4)5)33(45)51-32-29(50-34(39(32,9)48)44-23-22-30(41-35(44)46)40-25-43(10)11)24-49-53(38(6,7)8,27-18-14-12-15-19-27)28-20-16-13-17-21-28/h12-23,25-26,29,31-32,34,48H,24H2,1-11H3,(H,42,47)/t29-,31?,32?,34-,39?/m1/s1. The van der Waals surface area contributed by atoms with Crippen LogP contribution in [0.1, 0.15) is 68.5 Å². The highest BCUT2D eigenvalue weighted by Crippen LogP contribution is 2.42. The normalized spacial score (nSPS) is 21.4. The summed E-state index contributed by atoms with van der Waals surface area (Å²) in [6.45, 7) is 16.4. The molecule has 1 aliphatic rings. The number of ether oxygens (including phenoxy) is 3. The van der Waals surface area contributed by atoms with Gasteiger partial charge in [-0.05, 0) is 55.1 Å². The van der Waals surface area contributed by atoms with E-state index in [1.54, 1.807) is 53.6 Å². The van der Waals surface area contributed by atoms with Crippen LogP contribution in [0.3, 0.4) is 0 Å². The summed E-state index contributed by atoms with van der Waals surface area (Å²) in [6.07, 6.45) is -1.59. The molecule has 13 nitrogen and oxygen atoms in total. The fourth-order valence-electron chi connectivity index (χ4n) is 6.49. The van der Waals surface area contributed by atoms with Crippen LogP contribution in [0.5, 0.6) is 0 Å². The fourth-order valence-corrected chi connectivity index (χ4v) is 11.1.